The first kappa shape index (κ1) is 14.2. The van der Waals surface area contributed by atoms with Crippen molar-refractivity contribution in [2.75, 3.05) is 24.5 Å². The van der Waals surface area contributed by atoms with Crippen LogP contribution in [0.25, 0.3) is 0 Å². The van der Waals surface area contributed by atoms with Crippen molar-refractivity contribution in [2.45, 2.75) is 44.2 Å². The minimum atomic E-state index is -0.477. The van der Waals surface area contributed by atoms with E-state index in [1.807, 2.05) is 12.1 Å². The molecule has 1 aromatic carbocycles. The molecule has 0 unspecified atom stereocenters. The van der Waals surface area contributed by atoms with Gasteiger partial charge in [0.15, 0.2) is 0 Å². The van der Waals surface area contributed by atoms with Gasteiger partial charge in [0.05, 0.1) is 5.60 Å². The lowest BCUT2D eigenvalue weighted by molar-refractivity contribution is -0.0314. The number of hydrogen-bond acceptors (Lipinski definition) is 3. The molecular formula is C16H23ClN2O. The minimum Gasteiger partial charge on any atom is -0.389 e. The summed E-state index contributed by atoms with van der Waals surface area (Å²) in [6.07, 6.45) is 5.50. The topological polar surface area (TPSA) is 35.5 Å². The van der Waals surface area contributed by atoms with Crippen molar-refractivity contribution in [1.29, 1.82) is 0 Å². The SMILES string of the molecule is OC1(CNCc2c(Cl)cccc2N2CCCC2)CCC1. The second-order valence-corrected chi connectivity index (χ2v) is 6.52. The summed E-state index contributed by atoms with van der Waals surface area (Å²) in [6.45, 7) is 3.64. The molecule has 2 N–H and O–H groups in total. The Morgan fingerprint density at radius 1 is 1.20 bits per heavy atom. The average Bonchev–Trinajstić information content (AvgIpc) is 2.92. The molecule has 110 valence electrons. The maximum atomic E-state index is 10.1. The van der Waals surface area contributed by atoms with Crippen LogP contribution >= 0.6 is 11.6 Å². The van der Waals surface area contributed by atoms with Gasteiger partial charge < -0.3 is 15.3 Å². The third-order valence-corrected chi connectivity index (χ3v) is 4.94. The Balaban J connectivity index is 1.67. The van der Waals surface area contributed by atoms with Gasteiger partial charge in [0.1, 0.15) is 0 Å². The first-order valence-electron chi connectivity index (χ1n) is 7.63. The van der Waals surface area contributed by atoms with Gasteiger partial charge in [0.2, 0.25) is 0 Å². The van der Waals surface area contributed by atoms with E-state index >= 15 is 0 Å². The molecule has 0 bridgehead atoms. The fourth-order valence-electron chi connectivity index (χ4n) is 3.16. The highest BCUT2D eigenvalue weighted by Crippen LogP contribution is 2.32. The Bertz CT molecular complexity index is 468. The van der Waals surface area contributed by atoms with Gasteiger partial charge in [0.25, 0.3) is 0 Å². The maximum Gasteiger partial charge on any atom is 0.0771 e. The second kappa shape index (κ2) is 5.92. The Morgan fingerprint density at radius 2 is 1.95 bits per heavy atom. The van der Waals surface area contributed by atoms with Crippen LogP contribution < -0.4 is 10.2 Å². The van der Waals surface area contributed by atoms with Gasteiger partial charge in [-0.05, 0) is 44.2 Å². The highest BCUT2D eigenvalue weighted by atomic mass is 35.5. The summed E-state index contributed by atoms with van der Waals surface area (Å²) in [5.74, 6) is 0. The molecule has 1 aliphatic carbocycles. The van der Waals surface area contributed by atoms with Gasteiger partial charge in [-0.3, -0.25) is 0 Å². The highest BCUT2D eigenvalue weighted by Gasteiger charge is 2.33. The summed E-state index contributed by atoms with van der Waals surface area (Å²) in [5, 5.41) is 14.3. The van der Waals surface area contributed by atoms with Crippen LogP contribution in [0.5, 0.6) is 0 Å². The van der Waals surface area contributed by atoms with Crippen molar-refractivity contribution in [3.8, 4) is 0 Å². The van der Waals surface area contributed by atoms with E-state index in [0.717, 1.165) is 43.9 Å². The lowest BCUT2D eigenvalue weighted by atomic mass is 9.80. The molecule has 0 amide bonds. The molecule has 20 heavy (non-hydrogen) atoms. The zero-order valence-electron chi connectivity index (χ0n) is 11.9. The molecule has 0 atom stereocenters. The molecule has 1 aliphatic heterocycles. The molecule has 1 saturated carbocycles. The first-order valence-corrected chi connectivity index (χ1v) is 8.01. The number of aliphatic hydroxyl groups is 1. The van der Waals surface area contributed by atoms with Crippen LogP contribution in [0.1, 0.15) is 37.7 Å². The predicted octanol–water partition coefficient (Wildman–Crippen LogP) is 2.94. The van der Waals surface area contributed by atoms with Crippen LogP contribution in [0.4, 0.5) is 5.69 Å². The van der Waals surface area contributed by atoms with Crippen molar-refractivity contribution in [3.05, 3.63) is 28.8 Å². The number of rotatable bonds is 5. The normalized spacial score (nSPS) is 21.0. The number of hydrogen-bond donors (Lipinski definition) is 2. The third-order valence-electron chi connectivity index (χ3n) is 4.58. The van der Waals surface area contributed by atoms with E-state index in [9.17, 15) is 5.11 Å². The largest absolute Gasteiger partial charge is 0.389 e. The zero-order valence-corrected chi connectivity index (χ0v) is 12.6. The van der Waals surface area contributed by atoms with E-state index in [2.05, 4.69) is 16.3 Å². The summed E-state index contributed by atoms with van der Waals surface area (Å²) in [4.78, 5) is 2.42. The summed E-state index contributed by atoms with van der Waals surface area (Å²) in [5.41, 5.74) is 1.94. The van der Waals surface area contributed by atoms with Gasteiger partial charge in [-0.25, -0.2) is 0 Å². The van der Waals surface area contributed by atoms with E-state index in [4.69, 9.17) is 11.6 Å². The van der Waals surface area contributed by atoms with Gasteiger partial charge in [-0.1, -0.05) is 17.7 Å². The molecule has 3 rings (SSSR count). The zero-order chi connectivity index (χ0) is 14.0. The molecule has 4 heteroatoms. The van der Waals surface area contributed by atoms with Crippen LogP contribution in [0.15, 0.2) is 18.2 Å². The Labute approximate surface area is 125 Å². The van der Waals surface area contributed by atoms with Crippen LogP contribution in [0.3, 0.4) is 0 Å². The molecule has 3 nitrogen and oxygen atoms in total. The number of halogens is 1. The predicted molar refractivity (Wildman–Crippen MR) is 83.4 cm³/mol. The molecule has 0 radical (unpaired) electrons. The van der Waals surface area contributed by atoms with E-state index in [1.54, 1.807) is 0 Å². The monoisotopic (exact) mass is 294 g/mol. The van der Waals surface area contributed by atoms with Crippen molar-refractivity contribution in [2.24, 2.45) is 0 Å². The Hall–Kier alpha value is -0.770. The minimum absolute atomic E-state index is 0.477. The molecule has 1 heterocycles. The summed E-state index contributed by atoms with van der Waals surface area (Å²) in [6, 6.07) is 6.14. The average molecular weight is 295 g/mol. The smallest absolute Gasteiger partial charge is 0.0771 e. The molecule has 1 saturated heterocycles. The number of benzene rings is 1. The molecule has 2 aliphatic rings. The second-order valence-electron chi connectivity index (χ2n) is 6.11. The maximum absolute atomic E-state index is 10.1. The van der Waals surface area contributed by atoms with Crippen LogP contribution in [0.2, 0.25) is 5.02 Å². The number of nitrogens with one attached hydrogen (secondary N) is 1. The first-order chi connectivity index (χ1) is 9.68. The fraction of sp³-hybridized carbons (Fsp3) is 0.625. The fourth-order valence-corrected chi connectivity index (χ4v) is 3.39. The summed E-state index contributed by atoms with van der Waals surface area (Å²) < 4.78 is 0. The summed E-state index contributed by atoms with van der Waals surface area (Å²) >= 11 is 6.38. The van der Waals surface area contributed by atoms with E-state index in [1.165, 1.54) is 24.1 Å². The van der Waals surface area contributed by atoms with Crippen molar-refractivity contribution in [3.63, 3.8) is 0 Å². The Morgan fingerprint density at radius 3 is 2.60 bits per heavy atom. The lowest BCUT2D eigenvalue weighted by Crippen LogP contribution is -2.46. The molecule has 0 spiro atoms. The number of anilines is 1. The molecule has 0 aromatic heterocycles. The van der Waals surface area contributed by atoms with Crippen molar-refractivity contribution >= 4 is 17.3 Å². The van der Waals surface area contributed by atoms with Gasteiger partial charge in [-0.15, -0.1) is 0 Å². The summed E-state index contributed by atoms with van der Waals surface area (Å²) in [7, 11) is 0. The molecule has 1 aromatic rings. The van der Waals surface area contributed by atoms with Gasteiger partial charge in [0, 0.05) is 42.5 Å². The van der Waals surface area contributed by atoms with E-state index < -0.39 is 5.60 Å². The number of nitrogens with zero attached hydrogens (tertiary/aromatic N) is 1. The molecular weight excluding hydrogens is 272 g/mol. The van der Waals surface area contributed by atoms with Crippen LogP contribution in [0, 0.1) is 0 Å². The quantitative estimate of drug-likeness (QED) is 0.876. The van der Waals surface area contributed by atoms with E-state index in [0.29, 0.717) is 6.54 Å². The van der Waals surface area contributed by atoms with Crippen LogP contribution in [-0.4, -0.2) is 30.3 Å². The van der Waals surface area contributed by atoms with Gasteiger partial charge in [-0.2, -0.15) is 0 Å². The van der Waals surface area contributed by atoms with Gasteiger partial charge >= 0.3 is 0 Å². The van der Waals surface area contributed by atoms with Crippen molar-refractivity contribution in [1.82, 2.24) is 5.32 Å². The Kier molecular flexibility index (Phi) is 4.20. The van der Waals surface area contributed by atoms with E-state index in [-0.39, 0.29) is 0 Å². The molecule has 2 fully saturated rings. The van der Waals surface area contributed by atoms with Crippen LogP contribution in [-0.2, 0) is 6.54 Å². The highest BCUT2D eigenvalue weighted by molar-refractivity contribution is 6.31. The lowest BCUT2D eigenvalue weighted by Gasteiger charge is -2.37. The standard InChI is InChI=1S/C16H23ClN2O/c17-14-5-3-6-15(19-9-1-2-10-19)13(14)11-18-12-16(20)7-4-8-16/h3,5-6,18,20H,1-2,4,7-12H2. The third kappa shape index (κ3) is 2.95. The van der Waals surface area contributed by atoms with Crippen molar-refractivity contribution < 1.29 is 5.11 Å².